The lowest BCUT2D eigenvalue weighted by Gasteiger charge is -2.26. The highest BCUT2D eigenvalue weighted by Gasteiger charge is 2.20. The third-order valence-electron chi connectivity index (χ3n) is 3.66. The molecular weight excluding hydrogens is 349 g/mol. The first-order valence-corrected chi connectivity index (χ1v) is 9.04. The Hall–Kier alpha value is -2.52. The zero-order chi connectivity index (χ0) is 17.9. The molecule has 0 radical (unpaired) electrons. The van der Waals surface area contributed by atoms with Gasteiger partial charge in [-0.1, -0.05) is 0 Å². The lowest BCUT2D eigenvalue weighted by molar-refractivity contribution is 0.0302. The van der Waals surface area contributed by atoms with Crippen molar-refractivity contribution in [3.8, 4) is 0 Å². The number of anilines is 1. The summed E-state index contributed by atoms with van der Waals surface area (Å²) in [7, 11) is -3.90. The molecule has 0 atom stereocenters. The van der Waals surface area contributed by atoms with Crippen molar-refractivity contribution >= 4 is 21.6 Å². The summed E-state index contributed by atoms with van der Waals surface area (Å²) in [6.45, 7) is 1.89. The second-order valence-corrected chi connectivity index (χ2v) is 7.11. The quantitative estimate of drug-likeness (QED) is 0.887. The molecule has 1 N–H and O–H groups in total. The van der Waals surface area contributed by atoms with Gasteiger partial charge in [-0.15, -0.1) is 0 Å². The first-order chi connectivity index (χ1) is 12.0. The van der Waals surface area contributed by atoms with Gasteiger partial charge in [0.1, 0.15) is 5.82 Å². The monoisotopic (exact) mass is 365 g/mol. The maximum absolute atomic E-state index is 12.9. The van der Waals surface area contributed by atoms with Crippen molar-refractivity contribution in [1.29, 1.82) is 0 Å². The van der Waals surface area contributed by atoms with Crippen LogP contribution in [-0.4, -0.2) is 50.5 Å². The molecule has 1 aromatic carbocycles. The predicted molar refractivity (Wildman–Crippen MR) is 88.2 cm³/mol. The van der Waals surface area contributed by atoms with Gasteiger partial charge in [0.25, 0.3) is 15.9 Å². The number of sulfonamides is 1. The number of rotatable bonds is 4. The van der Waals surface area contributed by atoms with Crippen LogP contribution in [0.2, 0.25) is 0 Å². The van der Waals surface area contributed by atoms with Crippen LogP contribution in [0, 0.1) is 5.82 Å². The van der Waals surface area contributed by atoms with Crippen LogP contribution in [0.25, 0.3) is 0 Å². The van der Waals surface area contributed by atoms with E-state index in [9.17, 15) is 17.6 Å². The number of amides is 1. The summed E-state index contributed by atoms with van der Waals surface area (Å²) in [6.07, 6.45) is 2.69. The fourth-order valence-electron chi connectivity index (χ4n) is 2.39. The van der Waals surface area contributed by atoms with E-state index in [1.807, 2.05) is 0 Å². The normalized spacial score (nSPS) is 15.0. The van der Waals surface area contributed by atoms with Gasteiger partial charge in [0.2, 0.25) is 0 Å². The minimum Gasteiger partial charge on any atom is -0.378 e. The maximum atomic E-state index is 12.9. The SMILES string of the molecule is O=C(c1cncc(NS(=O)(=O)c2ccc(F)cc2)c1)N1CCOCC1. The molecular formula is C16H16FN3O4S. The number of pyridine rings is 1. The molecule has 2 heterocycles. The Morgan fingerprint density at radius 1 is 1.16 bits per heavy atom. The summed E-state index contributed by atoms with van der Waals surface area (Å²) < 4.78 is 45.1. The molecule has 132 valence electrons. The molecule has 0 aliphatic carbocycles. The van der Waals surface area contributed by atoms with Crippen molar-refractivity contribution in [2.45, 2.75) is 4.90 Å². The molecule has 0 saturated carbocycles. The summed E-state index contributed by atoms with van der Waals surface area (Å²) in [6, 6.07) is 5.86. The Morgan fingerprint density at radius 2 is 1.84 bits per heavy atom. The molecule has 25 heavy (non-hydrogen) atoms. The standard InChI is InChI=1S/C16H16FN3O4S/c17-13-1-3-15(4-2-13)25(22,23)19-14-9-12(10-18-11-14)16(21)20-5-7-24-8-6-20/h1-4,9-11,19H,5-8H2. The van der Waals surface area contributed by atoms with Gasteiger partial charge in [-0.3, -0.25) is 14.5 Å². The number of nitrogens with one attached hydrogen (secondary N) is 1. The van der Waals surface area contributed by atoms with Gasteiger partial charge < -0.3 is 9.64 Å². The molecule has 1 saturated heterocycles. The number of carbonyl (C=O) groups is 1. The number of benzene rings is 1. The van der Waals surface area contributed by atoms with E-state index < -0.39 is 15.8 Å². The Bertz CT molecular complexity index is 865. The average molecular weight is 365 g/mol. The van der Waals surface area contributed by atoms with E-state index in [1.54, 1.807) is 4.90 Å². The molecule has 7 nitrogen and oxygen atoms in total. The van der Waals surface area contributed by atoms with E-state index in [4.69, 9.17) is 4.74 Å². The Kier molecular flexibility index (Phi) is 4.95. The number of ether oxygens (including phenoxy) is 1. The molecule has 0 bridgehead atoms. The van der Waals surface area contributed by atoms with Crippen molar-refractivity contribution in [3.63, 3.8) is 0 Å². The molecule has 0 spiro atoms. The molecule has 1 aromatic heterocycles. The molecule has 1 fully saturated rings. The number of hydrogen-bond donors (Lipinski definition) is 1. The van der Waals surface area contributed by atoms with Gasteiger partial charge in [0.15, 0.2) is 0 Å². The molecule has 3 rings (SSSR count). The number of carbonyl (C=O) groups excluding carboxylic acids is 1. The lowest BCUT2D eigenvalue weighted by Crippen LogP contribution is -2.40. The second-order valence-electron chi connectivity index (χ2n) is 5.43. The minimum atomic E-state index is -3.90. The van der Waals surface area contributed by atoms with Gasteiger partial charge in [0, 0.05) is 19.3 Å². The number of morpholine rings is 1. The predicted octanol–water partition coefficient (Wildman–Crippen LogP) is 1.49. The highest BCUT2D eigenvalue weighted by molar-refractivity contribution is 7.92. The Balaban J connectivity index is 1.79. The maximum Gasteiger partial charge on any atom is 0.261 e. The van der Waals surface area contributed by atoms with E-state index in [1.165, 1.54) is 18.5 Å². The number of nitrogens with zero attached hydrogens (tertiary/aromatic N) is 2. The van der Waals surface area contributed by atoms with Crippen LogP contribution in [0.15, 0.2) is 47.6 Å². The minimum absolute atomic E-state index is 0.0844. The summed E-state index contributed by atoms with van der Waals surface area (Å²) in [5.41, 5.74) is 0.435. The van der Waals surface area contributed by atoms with Crippen LogP contribution in [-0.2, 0) is 14.8 Å². The number of hydrogen-bond acceptors (Lipinski definition) is 5. The van der Waals surface area contributed by atoms with Crippen LogP contribution >= 0.6 is 0 Å². The molecule has 1 amide bonds. The second kappa shape index (κ2) is 7.16. The van der Waals surface area contributed by atoms with Crippen LogP contribution in [0.3, 0.4) is 0 Å². The molecule has 1 aliphatic rings. The van der Waals surface area contributed by atoms with Crippen LogP contribution in [0.5, 0.6) is 0 Å². The third-order valence-corrected chi connectivity index (χ3v) is 5.06. The van der Waals surface area contributed by atoms with Gasteiger partial charge in [-0.05, 0) is 30.3 Å². The summed E-state index contributed by atoms with van der Waals surface area (Å²) in [5, 5.41) is 0. The molecule has 2 aromatic rings. The Morgan fingerprint density at radius 3 is 2.52 bits per heavy atom. The van der Waals surface area contributed by atoms with Gasteiger partial charge in [0.05, 0.1) is 35.6 Å². The zero-order valence-electron chi connectivity index (χ0n) is 13.2. The first-order valence-electron chi connectivity index (χ1n) is 7.56. The average Bonchev–Trinajstić information content (AvgIpc) is 2.62. The number of aromatic nitrogens is 1. The zero-order valence-corrected chi connectivity index (χ0v) is 14.0. The fraction of sp³-hybridized carbons (Fsp3) is 0.250. The van der Waals surface area contributed by atoms with Gasteiger partial charge in [-0.2, -0.15) is 0 Å². The molecule has 1 aliphatic heterocycles. The van der Waals surface area contributed by atoms with Crippen LogP contribution < -0.4 is 4.72 Å². The number of halogens is 1. The summed E-state index contributed by atoms with van der Waals surface area (Å²) in [5.74, 6) is -0.766. The molecule has 0 unspecified atom stereocenters. The van der Waals surface area contributed by atoms with Gasteiger partial charge >= 0.3 is 0 Å². The summed E-state index contributed by atoms with van der Waals surface area (Å²) in [4.78, 5) is 17.9. The molecule has 9 heteroatoms. The van der Waals surface area contributed by atoms with Gasteiger partial charge in [-0.25, -0.2) is 12.8 Å². The van der Waals surface area contributed by atoms with Crippen molar-refractivity contribution in [3.05, 3.63) is 54.1 Å². The Labute approximate surface area is 144 Å². The summed E-state index contributed by atoms with van der Waals surface area (Å²) >= 11 is 0. The van der Waals surface area contributed by atoms with E-state index >= 15 is 0 Å². The highest BCUT2D eigenvalue weighted by atomic mass is 32.2. The highest BCUT2D eigenvalue weighted by Crippen LogP contribution is 2.17. The largest absolute Gasteiger partial charge is 0.378 e. The smallest absolute Gasteiger partial charge is 0.261 e. The van der Waals surface area contributed by atoms with Crippen LogP contribution in [0.1, 0.15) is 10.4 Å². The third kappa shape index (κ3) is 4.12. The van der Waals surface area contributed by atoms with Crippen LogP contribution in [0.4, 0.5) is 10.1 Å². The van der Waals surface area contributed by atoms with Crippen molar-refractivity contribution in [2.75, 3.05) is 31.0 Å². The van der Waals surface area contributed by atoms with E-state index in [0.29, 0.717) is 26.3 Å². The van der Waals surface area contributed by atoms with Crippen molar-refractivity contribution in [1.82, 2.24) is 9.88 Å². The first kappa shape index (κ1) is 17.3. The van der Waals surface area contributed by atoms with E-state index in [-0.39, 0.29) is 22.1 Å². The van der Waals surface area contributed by atoms with Crippen molar-refractivity contribution < 1.29 is 22.3 Å². The van der Waals surface area contributed by atoms with E-state index in [0.717, 1.165) is 24.3 Å². The fourth-order valence-corrected chi connectivity index (χ4v) is 3.42. The van der Waals surface area contributed by atoms with E-state index in [2.05, 4.69) is 9.71 Å². The topological polar surface area (TPSA) is 88.6 Å². The lowest BCUT2D eigenvalue weighted by atomic mass is 10.2. The van der Waals surface area contributed by atoms with Crippen molar-refractivity contribution in [2.24, 2.45) is 0 Å².